The zero-order valence-corrected chi connectivity index (χ0v) is 13.6. The fourth-order valence-electron chi connectivity index (χ4n) is 2.72. The molecule has 1 aromatic rings. The van der Waals surface area contributed by atoms with Gasteiger partial charge in [0.05, 0.1) is 4.90 Å². The monoisotopic (exact) mass is 329 g/mol. The van der Waals surface area contributed by atoms with Gasteiger partial charge in [-0.05, 0) is 30.5 Å². The van der Waals surface area contributed by atoms with E-state index in [0.717, 1.165) is 31.2 Å². The highest BCUT2D eigenvalue weighted by Gasteiger charge is 2.34. The van der Waals surface area contributed by atoms with Gasteiger partial charge in [-0.25, -0.2) is 8.42 Å². The van der Waals surface area contributed by atoms with Gasteiger partial charge in [0.2, 0.25) is 5.91 Å². The van der Waals surface area contributed by atoms with E-state index in [4.69, 9.17) is 10.7 Å². The van der Waals surface area contributed by atoms with E-state index in [0.29, 0.717) is 6.54 Å². The molecule has 0 aliphatic heterocycles. The molecule has 4 nitrogen and oxygen atoms in total. The lowest BCUT2D eigenvalue weighted by Gasteiger charge is -2.32. The van der Waals surface area contributed by atoms with E-state index in [-0.39, 0.29) is 16.2 Å². The van der Waals surface area contributed by atoms with Crippen molar-refractivity contribution in [2.24, 2.45) is 5.41 Å². The van der Waals surface area contributed by atoms with Gasteiger partial charge in [0.25, 0.3) is 9.05 Å². The molecule has 0 saturated heterocycles. The molecule has 1 fully saturated rings. The largest absolute Gasteiger partial charge is 0.352 e. The molecule has 21 heavy (non-hydrogen) atoms. The lowest BCUT2D eigenvalue weighted by Crippen LogP contribution is -2.39. The predicted molar refractivity (Wildman–Crippen MR) is 82.5 cm³/mol. The molecule has 1 saturated carbocycles. The molecule has 2 rings (SSSR count). The van der Waals surface area contributed by atoms with Crippen LogP contribution in [0.3, 0.4) is 0 Å². The Bertz CT molecular complexity index is 604. The minimum Gasteiger partial charge on any atom is -0.352 e. The van der Waals surface area contributed by atoms with Gasteiger partial charge in [-0.2, -0.15) is 0 Å². The molecule has 0 unspecified atom stereocenters. The smallest absolute Gasteiger partial charge is 0.261 e. The number of rotatable bonds is 4. The number of hydrogen-bond donors (Lipinski definition) is 1. The number of amides is 1. The molecule has 6 heteroatoms. The SMILES string of the molecule is CC1(C(=O)NCc2ccc(S(=O)(=O)Cl)cc2)CCCCC1. The van der Waals surface area contributed by atoms with Gasteiger partial charge < -0.3 is 5.32 Å². The Morgan fingerprint density at radius 1 is 1.19 bits per heavy atom. The topological polar surface area (TPSA) is 63.2 Å². The van der Waals surface area contributed by atoms with E-state index in [1.165, 1.54) is 18.6 Å². The molecular weight excluding hydrogens is 310 g/mol. The lowest BCUT2D eigenvalue weighted by molar-refractivity contribution is -0.132. The molecule has 0 spiro atoms. The van der Waals surface area contributed by atoms with Gasteiger partial charge in [-0.3, -0.25) is 4.79 Å². The first-order valence-electron chi connectivity index (χ1n) is 7.13. The Kier molecular flexibility index (Phi) is 4.94. The van der Waals surface area contributed by atoms with E-state index in [9.17, 15) is 13.2 Å². The molecule has 0 heterocycles. The molecule has 1 N–H and O–H groups in total. The maximum absolute atomic E-state index is 12.3. The average molecular weight is 330 g/mol. The quantitative estimate of drug-likeness (QED) is 0.863. The Morgan fingerprint density at radius 3 is 2.29 bits per heavy atom. The molecule has 1 aliphatic carbocycles. The van der Waals surface area contributed by atoms with Crippen molar-refractivity contribution in [3.05, 3.63) is 29.8 Å². The summed E-state index contributed by atoms with van der Waals surface area (Å²) < 4.78 is 22.3. The van der Waals surface area contributed by atoms with Crippen molar-refractivity contribution in [2.75, 3.05) is 0 Å². The zero-order chi connectivity index (χ0) is 15.5. The summed E-state index contributed by atoms with van der Waals surface area (Å²) >= 11 is 0. The van der Waals surface area contributed by atoms with Gasteiger partial charge in [0.1, 0.15) is 0 Å². The van der Waals surface area contributed by atoms with Gasteiger partial charge >= 0.3 is 0 Å². The molecule has 0 bridgehead atoms. The minimum absolute atomic E-state index is 0.0680. The summed E-state index contributed by atoms with van der Waals surface area (Å²) in [5, 5.41) is 2.95. The van der Waals surface area contributed by atoms with Crippen LogP contribution < -0.4 is 5.32 Å². The zero-order valence-electron chi connectivity index (χ0n) is 12.1. The van der Waals surface area contributed by atoms with Gasteiger partial charge in [-0.15, -0.1) is 0 Å². The van der Waals surface area contributed by atoms with E-state index < -0.39 is 9.05 Å². The van der Waals surface area contributed by atoms with E-state index in [1.54, 1.807) is 12.1 Å². The van der Waals surface area contributed by atoms with Crippen molar-refractivity contribution < 1.29 is 13.2 Å². The Hall–Kier alpha value is -1.07. The summed E-state index contributed by atoms with van der Waals surface area (Å²) in [6.45, 7) is 2.42. The van der Waals surface area contributed by atoms with Crippen LogP contribution in [0.2, 0.25) is 0 Å². The first-order valence-corrected chi connectivity index (χ1v) is 9.44. The van der Waals surface area contributed by atoms with Crippen molar-refractivity contribution in [3.63, 3.8) is 0 Å². The average Bonchev–Trinajstić information content (AvgIpc) is 2.45. The highest BCUT2D eigenvalue weighted by molar-refractivity contribution is 8.13. The van der Waals surface area contributed by atoms with Crippen molar-refractivity contribution in [3.8, 4) is 0 Å². The van der Waals surface area contributed by atoms with Crippen molar-refractivity contribution in [2.45, 2.75) is 50.5 Å². The van der Waals surface area contributed by atoms with Gasteiger partial charge in [0, 0.05) is 22.6 Å². The normalized spacial score (nSPS) is 18.2. The van der Waals surface area contributed by atoms with Crippen LogP contribution in [0.4, 0.5) is 0 Å². The summed E-state index contributed by atoms with van der Waals surface area (Å²) in [6, 6.07) is 6.23. The highest BCUT2D eigenvalue weighted by atomic mass is 35.7. The number of halogens is 1. The molecule has 0 radical (unpaired) electrons. The van der Waals surface area contributed by atoms with Crippen molar-refractivity contribution >= 4 is 25.6 Å². The van der Waals surface area contributed by atoms with Crippen LogP contribution in [0, 0.1) is 5.41 Å². The summed E-state index contributed by atoms with van der Waals surface area (Å²) in [5.41, 5.74) is 0.587. The van der Waals surface area contributed by atoms with Crippen LogP contribution in [0.25, 0.3) is 0 Å². The Morgan fingerprint density at radius 2 is 1.76 bits per heavy atom. The van der Waals surface area contributed by atoms with Crippen molar-refractivity contribution in [1.82, 2.24) is 5.32 Å². The summed E-state index contributed by atoms with van der Waals surface area (Å²) in [6.07, 6.45) is 5.28. The first-order chi connectivity index (χ1) is 9.81. The summed E-state index contributed by atoms with van der Waals surface area (Å²) in [5.74, 6) is 0.0799. The third-order valence-corrected chi connectivity index (χ3v) is 5.53. The Labute approximate surface area is 130 Å². The maximum Gasteiger partial charge on any atom is 0.261 e. The molecule has 0 atom stereocenters. The minimum atomic E-state index is -3.69. The van der Waals surface area contributed by atoms with Gasteiger partial charge in [0.15, 0.2) is 0 Å². The van der Waals surface area contributed by atoms with Crippen LogP contribution in [0.5, 0.6) is 0 Å². The summed E-state index contributed by atoms with van der Waals surface area (Å²) in [7, 11) is 1.57. The standard InChI is InChI=1S/C15H20ClNO3S/c1-15(9-3-2-4-10-15)14(18)17-11-12-5-7-13(8-6-12)21(16,19)20/h5-8H,2-4,9-11H2,1H3,(H,17,18). The van der Waals surface area contributed by atoms with Crippen molar-refractivity contribution in [1.29, 1.82) is 0 Å². The fourth-order valence-corrected chi connectivity index (χ4v) is 3.49. The van der Waals surface area contributed by atoms with Crippen LogP contribution >= 0.6 is 10.7 Å². The first kappa shape index (κ1) is 16.3. The summed E-state index contributed by atoms with van der Waals surface area (Å²) in [4.78, 5) is 12.4. The Balaban J connectivity index is 1.95. The highest BCUT2D eigenvalue weighted by Crippen LogP contribution is 2.35. The van der Waals surface area contributed by atoms with E-state index >= 15 is 0 Å². The van der Waals surface area contributed by atoms with E-state index in [1.807, 2.05) is 6.92 Å². The third kappa shape index (κ3) is 4.20. The fraction of sp³-hybridized carbons (Fsp3) is 0.533. The number of hydrogen-bond acceptors (Lipinski definition) is 3. The number of carbonyl (C=O) groups is 1. The van der Waals surface area contributed by atoms with Gasteiger partial charge in [-0.1, -0.05) is 38.3 Å². The van der Waals surface area contributed by atoms with Crippen LogP contribution in [0.15, 0.2) is 29.2 Å². The maximum atomic E-state index is 12.3. The second-order valence-corrected chi connectivity index (χ2v) is 8.45. The van der Waals surface area contributed by atoms with E-state index in [2.05, 4.69) is 5.32 Å². The molecule has 1 amide bonds. The number of nitrogens with one attached hydrogen (secondary N) is 1. The van der Waals surface area contributed by atoms with Crippen LogP contribution in [0.1, 0.15) is 44.6 Å². The number of carbonyl (C=O) groups excluding carboxylic acids is 1. The molecule has 1 aliphatic rings. The van der Waals surface area contributed by atoms with Crippen LogP contribution in [-0.4, -0.2) is 14.3 Å². The number of benzene rings is 1. The van der Waals surface area contributed by atoms with Crippen LogP contribution in [-0.2, 0) is 20.4 Å². The third-order valence-electron chi connectivity index (χ3n) is 4.16. The lowest BCUT2D eigenvalue weighted by atomic mass is 9.75. The molecule has 116 valence electrons. The second kappa shape index (κ2) is 6.36. The molecular formula is C15H20ClNO3S. The molecule has 0 aromatic heterocycles. The molecule has 1 aromatic carbocycles. The second-order valence-electron chi connectivity index (χ2n) is 5.89. The predicted octanol–water partition coefficient (Wildman–Crippen LogP) is 3.20.